The van der Waals surface area contributed by atoms with Crippen LogP contribution in [0, 0.1) is 5.92 Å². The van der Waals surface area contributed by atoms with Crippen molar-refractivity contribution in [2.24, 2.45) is 5.92 Å². The second-order valence-electron chi connectivity index (χ2n) is 9.14. The number of likely N-dealkylation sites (tertiary alicyclic amines) is 2. The van der Waals surface area contributed by atoms with Crippen LogP contribution in [0.1, 0.15) is 49.1 Å². The molecule has 2 saturated heterocycles. The number of aromatic amines is 1. The molecule has 5 nitrogen and oxygen atoms in total. The minimum Gasteiger partial charge on any atom is -0.383 e. The van der Waals surface area contributed by atoms with Crippen LogP contribution in [0.5, 0.6) is 0 Å². The molecule has 2 aliphatic heterocycles. The van der Waals surface area contributed by atoms with Gasteiger partial charge in [0.05, 0.1) is 0 Å². The van der Waals surface area contributed by atoms with Gasteiger partial charge in [-0.1, -0.05) is 12.1 Å². The second kappa shape index (κ2) is 7.20. The quantitative estimate of drug-likeness (QED) is 0.859. The Morgan fingerprint density at radius 1 is 1.29 bits per heavy atom. The normalized spacial score (nSPS) is 28.9. The summed E-state index contributed by atoms with van der Waals surface area (Å²) in [6, 6.07) is 7.11. The van der Waals surface area contributed by atoms with Gasteiger partial charge < -0.3 is 19.9 Å². The fraction of sp³-hybridized carbons (Fsp3) is 0.609. The van der Waals surface area contributed by atoms with Crippen molar-refractivity contribution in [3.8, 4) is 0 Å². The van der Waals surface area contributed by atoms with Crippen LogP contribution in [0.4, 0.5) is 0 Å². The molecule has 0 radical (unpaired) electrons. The Hall–Kier alpha value is -1.85. The number of amides is 1. The summed E-state index contributed by atoms with van der Waals surface area (Å²) in [5.74, 6) is 0.780. The van der Waals surface area contributed by atoms with Gasteiger partial charge in [-0.2, -0.15) is 0 Å². The SMILES string of the molecule is CN1CC(CC(O)C(=O)N2CCCCC2)C[C@H]2c3cccc4[nH]cc(c34)C[C@@H]21. The summed E-state index contributed by atoms with van der Waals surface area (Å²) in [4.78, 5) is 20.4. The lowest BCUT2D eigenvalue weighted by Gasteiger charge is -2.46. The number of aromatic nitrogens is 1. The van der Waals surface area contributed by atoms with Gasteiger partial charge in [0.15, 0.2) is 0 Å². The lowest BCUT2D eigenvalue weighted by molar-refractivity contribution is -0.142. The van der Waals surface area contributed by atoms with Crippen LogP contribution in [-0.2, 0) is 11.2 Å². The van der Waals surface area contributed by atoms with E-state index in [2.05, 4.69) is 41.3 Å². The van der Waals surface area contributed by atoms with E-state index in [0.717, 1.165) is 45.3 Å². The predicted molar refractivity (Wildman–Crippen MR) is 110 cm³/mol. The van der Waals surface area contributed by atoms with Gasteiger partial charge in [0.1, 0.15) is 6.10 Å². The van der Waals surface area contributed by atoms with Crippen molar-refractivity contribution in [3.63, 3.8) is 0 Å². The van der Waals surface area contributed by atoms with Gasteiger partial charge >= 0.3 is 0 Å². The Balaban J connectivity index is 1.33. The number of likely N-dealkylation sites (N-methyl/N-ethyl adjacent to an activating group) is 1. The molecule has 150 valence electrons. The van der Waals surface area contributed by atoms with Crippen LogP contribution in [-0.4, -0.2) is 64.6 Å². The molecular weight excluding hydrogens is 350 g/mol. The first-order chi connectivity index (χ1) is 13.6. The molecule has 1 aromatic heterocycles. The van der Waals surface area contributed by atoms with Crippen LogP contribution in [0.3, 0.4) is 0 Å². The van der Waals surface area contributed by atoms with E-state index in [1.54, 1.807) is 0 Å². The molecule has 1 amide bonds. The number of benzene rings is 1. The van der Waals surface area contributed by atoms with E-state index in [1.807, 2.05) is 4.90 Å². The van der Waals surface area contributed by atoms with E-state index >= 15 is 0 Å². The highest BCUT2D eigenvalue weighted by atomic mass is 16.3. The summed E-state index contributed by atoms with van der Waals surface area (Å²) < 4.78 is 0. The third-order valence-electron chi connectivity index (χ3n) is 7.32. The van der Waals surface area contributed by atoms with E-state index in [1.165, 1.54) is 28.5 Å². The number of fused-ring (bicyclic) bond motifs is 2. The number of aliphatic hydroxyl groups is 1. The maximum atomic E-state index is 12.7. The van der Waals surface area contributed by atoms with E-state index in [9.17, 15) is 9.90 Å². The van der Waals surface area contributed by atoms with E-state index in [0.29, 0.717) is 24.3 Å². The van der Waals surface area contributed by atoms with Crippen LogP contribution >= 0.6 is 0 Å². The molecule has 0 bridgehead atoms. The molecule has 5 rings (SSSR count). The lowest BCUT2D eigenvalue weighted by atomic mass is 9.71. The molecule has 2 fully saturated rings. The number of piperidine rings is 2. The molecule has 28 heavy (non-hydrogen) atoms. The van der Waals surface area contributed by atoms with Crippen molar-refractivity contribution in [1.82, 2.24) is 14.8 Å². The van der Waals surface area contributed by atoms with Gasteiger partial charge in [0.2, 0.25) is 0 Å². The van der Waals surface area contributed by atoms with Crippen molar-refractivity contribution in [2.45, 2.75) is 56.6 Å². The average Bonchev–Trinajstić information content (AvgIpc) is 3.13. The Kier molecular flexibility index (Phi) is 4.68. The monoisotopic (exact) mass is 381 g/mol. The molecule has 3 heterocycles. The molecule has 0 spiro atoms. The van der Waals surface area contributed by atoms with Gasteiger partial charge in [-0.25, -0.2) is 0 Å². The van der Waals surface area contributed by atoms with E-state index in [4.69, 9.17) is 0 Å². The molecule has 1 aromatic carbocycles. The number of H-pyrrole nitrogens is 1. The maximum absolute atomic E-state index is 12.7. The fourth-order valence-corrected chi connectivity index (χ4v) is 5.97. The number of hydrogen-bond donors (Lipinski definition) is 2. The number of hydrogen-bond acceptors (Lipinski definition) is 3. The molecule has 5 heteroatoms. The van der Waals surface area contributed by atoms with Gasteiger partial charge in [-0.15, -0.1) is 0 Å². The number of aliphatic hydroxyl groups excluding tert-OH is 1. The summed E-state index contributed by atoms with van der Waals surface area (Å²) >= 11 is 0. The van der Waals surface area contributed by atoms with Crippen molar-refractivity contribution >= 4 is 16.8 Å². The van der Waals surface area contributed by atoms with Gasteiger partial charge in [-0.05, 0) is 68.7 Å². The van der Waals surface area contributed by atoms with Crippen LogP contribution in [0.15, 0.2) is 24.4 Å². The Morgan fingerprint density at radius 2 is 2.11 bits per heavy atom. The minimum atomic E-state index is -0.852. The third-order valence-corrected chi connectivity index (χ3v) is 7.32. The molecule has 1 aliphatic carbocycles. The first kappa shape index (κ1) is 18.2. The molecule has 4 atom stereocenters. The van der Waals surface area contributed by atoms with E-state index in [-0.39, 0.29) is 5.91 Å². The smallest absolute Gasteiger partial charge is 0.251 e. The third kappa shape index (κ3) is 3.05. The molecule has 0 saturated carbocycles. The zero-order chi connectivity index (χ0) is 19.3. The highest BCUT2D eigenvalue weighted by Crippen LogP contribution is 2.45. The number of nitrogens with one attached hydrogen (secondary N) is 1. The van der Waals surface area contributed by atoms with Crippen LogP contribution in [0.2, 0.25) is 0 Å². The van der Waals surface area contributed by atoms with Gasteiger partial charge in [0.25, 0.3) is 5.91 Å². The number of carbonyl (C=O) groups excluding carboxylic acids is 1. The summed E-state index contributed by atoms with van der Waals surface area (Å²) in [6.07, 6.45) is 7.38. The number of rotatable bonds is 3. The largest absolute Gasteiger partial charge is 0.383 e. The Morgan fingerprint density at radius 3 is 2.93 bits per heavy atom. The summed E-state index contributed by atoms with van der Waals surface area (Å²) in [5.41, 5.74) is 4.10. The Labute approximate surface area is 166 Å². The minimum absolute atomic E-state index is 0.0526. The second-order valence-corrected chi connectivity index (χ2v) is 9.14. The summed E-state index contributed by atoms with van der Waals surface area (Å²) in [7, 11) is 2.21. The van der Waals surface area contributed by atoms with Crippen molar-refractivity contribution in [1.29, 1.82) is 0 Å². The number of carbonyl (C=O) groups is 1. The molecule has 3 aliphatic rings. The van der Waals surface area contributed by atoms with E-state index < -0.39 is 6.10 Å². The molecule has 2 aromatic rings. The first-order valence-electron chi connectivity index (χ1n) is 10.9. The standard InChI is InChI=1S/C23H31N3O2/c1-25-14-15(11-21(27)23(28)26-8-3-2-4-9-26)10-18-17-6-5-7-19-22(17)16(13-24-19)12-20(18)25/h5-7,13,15,18,20-21,24,27H,2-4,8-12,14H2,1H3/t15?,18-,20-,21?/m0/s1. The topological polar surface area (TPSA) is 59.6 Å². The molecule has 2 N–H and O–H groups in total. The highest BCUT2D eigenvalue weighted by molar-refractivity contribution is 5.88. The average molecular weight is 382 g/mol. The number of nitrogens with zero attached hydrogens (tertiary/aromatic N) is 2. The molecule has 2 unspecified atom stereocenters. The van der Waals surface area contributed by atoms with Crippen molar-refractivity contribution in [3.05, 3.63) is 35.5 Å². The van der Waals surface area contributed by atoms with Gasteiger partial charge in [0, 0.05) is 48.7 Å². The maximum Gasteiger partial charge on any atom is 0.251 e. The van der Waals surface area contributed by atoms with Gasteiger partial charge in [-0.3, -0.25) is 4.79 Å². The van der Waals surface area contributed by atoms with Crippen molar-refractivity contribution in [2.75, 3.05) is 26.7 Å². The predicted octanol–water partition coefficient (Wildman–Crippen LogP) is 2.89. The van der Waals surface area contributed by atoms with Crippen molar-refractivity contribution < 1.29 is 9.90 Å². The van der Waals surface area contributed by atoms with Crippen LogP contribution in [0.25, 0.3) is 10.9 Å². The van der Waals surface area contributed by atoms with Crippen LogP contribution < -0.4 is 0 Å². The summed E-state index contributed by atoms with van der Waals surface area (Å²) in [5, 5.41) is 12.1. The zero-order valence-electron chi connectivity index (χ0n) is 16.7. The zero-order valence-corrected chi connectivity index (χ0v) is 16.7. The molecular formula is C23H31N3O2. The summed E-state index contributed by atoms with van der Waals surface area (Å²) in [6.45, 7) is 2.58. The fourth-order valence-electron chi connectivity index (χ4n) is 5.97. The highest BCUT2D eigenvalue weighted by Gasteiger charge is 2.40. The Bertz CT molecular complexity index is 870. The first-order valence-corrected chi connectivity index (χ1v) is 10.9. The lowest BCUT2D eigenvalue weighted by Crippen LogP contribution is -2.49.